The molecule has 2 aliphatic heterocycles. The van der Waals surface area contributed by atoms with Gasteiger partial charge in [0.25, 0.3) is 0 Å². The highest BCUT2D eigenvalue weighted by molar-refractivity contribution is 9.10. The molecule has 5 rings (SSSR count). The van der Waals surface area contributed by atoms with E-state index in [1.54, 1.807) is 18.4 Å². The Bertz CT molecular complexity index is 1020. The molecule has 0 amide bonds. The first-order chi connectivity index (χ1) is 13.2. The number of fused-ring (bicyclic) bond motifs is 3. The topological polar surface area (TPSA) is 34.1 Å². The number of methoxy groups -OCH3 is 1. The van der Waals surface area contributed by atoms with Gasteiger partial charge in [-0.15, -0.1) is 11.3 Å². The Labute approximate surface area is 170 Å². The maximum absolute atomic E-state index is 6.39. The number of rotatable bonds is 3. The van der Waals surface area contributed by atoms with E-state index in [1.807, 2.05) is 30.3 Å². The van der Waals surface area contributed by atoms with Gasteiger partial charge in [-0.2, -0.15) is 5.10 Å². The van der Waals surface area contributed by atoms with Gasteiger partial charge in [-0.1, -0.05) is 24.3 Å². The highest BCUT2D eigenvalue weighted by atomic mass is 79.9. The molecule has 0 unspecified atom stereocenters. The summed E-state index contributed by atoms with van der Waals surface area (Å²) in [5.74, 6) is 1.73. The molecule has 0 bridgehead atoms. The largest absolute Gasteiger partial charge is 0.496 e. The molecule has 6 heteroatoms. The number of para-hydroxylation sites is 1. The normalized spacial score (nSPS) is 20.5. The van der Waals surface area contributed by atoms with Crippen LogP contribution in [0.5, 0.6) is 11.5 Å². The number of halogens is 1. The van der Waals surface area contributed by atoms with Crippen LogP contribution in [-0.2, 0) is 0 Å². The molecule has 2 aromatic carbocycles. The zero-order chi connectivity index (χ0) is 18.4. The van der Waals surface area contributed by atoms with Crippen LogP contribution in [0.4, 0.5) is 0 Å². The molecule has 0 radical (unpaired) electrons. The van der Waals surface area contributed by atoms with Crippen LogP contribution in [0.2, 0.25) is 0 Å². The van der Waals surface area contributed by atoms with Crippen molar-refractivity contribution in [1.82, 2.24) is 5.01 Å². The fraction of sp³-hybridized carbons (Fsp3) is 0.190. The Morgan fingerprint density at radius 2 is 2.07 bits per heavy atom. The molecule has 3 heterocycles. The third-order valence-electron chi connectivity index (χ3n) is 4.97. The van der Waals surface area contributed by atoms with E-state index in [4.69, 9.17) is 14.6 Å². The second-order valence-electron chi connectivity index (χ2n) is 6.53. The number of ether oxygens (including phenoxy) is 2. The van der Waals surface area contributed by atoms with Gasteiger partial charge in [0, 0.05) is 17.5 Å². The van der Waals surface area contributed by atoms with Crippen molar-refractivity contribution >= 4 is 33.0 Å². The fourth-order valence-corrected chi connectivity index (χ4v) is 4.96. The molecule has 2 atom stereocenters. The Morgan fingerprint density at radius 1 is 1.19 bits per heavy atom. The summed E-state index contributed by atoms with van der Waals surface area (Å²) in [5, 5.41) is 9.17. The van der Waals surface area contributed by atoms with Crippen molar-refractivity contribution in [3.8, 4) is 11.5 Å². The van der Waals surface area contributed by atoms with Gasteiger partial charge >= 0.3 is 0 Å². The van der Waals surface area contributed by atoms with Crippen LogP contribution < -0.4 is 9.47 Å². The summed E-state index contributed by atoms with van der Waals surface area (Å²) in [7, 11) is 1.67. The number of benzene rings is 2. The Balaban J connectivity index is 1.59. The van der Waals surface area contributed by atoms with E-state index in [0.29, 0.717) is 0 Å². The Kier molecular flexibility index (Phi) is 4.17. The average molecular weight is 441 g/mol. The van der Waals surface area contributed by atoms with Crippen LogP contribution in [0, 0.1) is 0 Å². The minimum absolute atomic E-state index is 0.179. The van der Waals surface area contributed by atoms with Crippen molar-refractivity contribution in [3.05, 3.63) is 80.5 Å². The van der Waals surface area contributed by atoms with E-state index >= 15 is 0 Å². The van der Waals surface area contributed by atoms with E-state index in [0.717, 1.165) is 33.7 Å². The molecule has 1 aromatic heterocycles. The minimum atomic E-state index is -0.274. The smallest absolute Gasteiger partial charge is 0.213 e. The molecule has 4 nitrogen and oxygen atoms in total. The maximum Gasteiger partial charge on any atom is 0.213 e. The van der Waals surface area contributed by atoms with Crippen molar-refractivity contribution < 1.29 is 9.47 Å². The van der Waals surface area contributed by atoms with Crippen molar-refractivity contribution in [2.75, 3.05) is 7.11 Å². The molecule has 0 saturated carbocycles. The molecule has 0 aliphatic carbocycles. The predicted molar refractivity (Wildman–Crippen MR) is 111 cm³/mol. The number of nitrogens with zero attached hydrogens (tertiary/aromatic N) is 2. The molecule has 0 spiro atoms. The quantitative estimate of drug-likeness (QED) is 0.518. The SMILES string of the molecule is COc1ccc([C@@H]2Oc3ccccc3[C@H]3CC(c4cccs4)=NN32)cc1Br. The summed E-state index contributed by atoms with van der Waals surface area (Å²) in [5.41, 5.74) is 3.35. The fourth-order valence-electron chi connectivity index (χ4n) is 3.68. The standard InChI is InChI=1S/C21H17BrN2O2S/c1-25-19-9-8-13(11-15(19)22)21-24-17(14-5-2-3-6-18(14)26-21)12-16(23-24)20-7-4-10-27-20/h2-11,17,21H,12H2,1H3/t17-,21+/m1/s1. The number of hydrazone groups is 1. The lowest BCUT2D eigenvalue weighted by Crippen LogP contribution is -2.33. The van der Waals surface area contributed by atoms with Crippen molar-refractivity contribution in [2.24, 2.45) is 5.10 Å². The van der Waals surface area contributed by atoms with E-state index in [-0.39, 0.29) is 12.3 Å². The minimum Gasteiger partial charge on any atom is -0.496 e. The van der Waals surface area contributed by atoms with Crippen molar-refractivity contribution in [1.29, 1.82) is 0 Å². The molecule has 136 valence electrons. The molecule has 27 heavy (non-hydrogen) atoms. The first-order valence-electron chi connectivity index (χ1n) is 8.73. The van der Waals surface area contributed by atoms with Gasteiger partial charge in [0.1, 0.15) is 11.5 Å². The Hall–Kier alpha value is -2.31. The van der Waals surface area contributed by atoms with Gasteiger partial charge in [-0.3, -0.25) is 0 Å². The summed E-state index contributed by atoms with van der Waals surface area (Å²) in [6, 6.07) is 18.7. The summed E-state index contributed by atoms with van der Waals surface area (Å²) in [6.45, 7) is 0. The van der Waals surface area contributed by atoms with Gasteiger partial charge in [-0.25, -0.2) is 5.01 Å². The van der Waals surface area contributed by atoms with Gasteiger partial charge in [-0.05, 0) is 51.6 Å². The molecular weight excluding hydrogens is 424 g/mol. The molecule has 2 aliphatic rings. The second kappa shape index (κ2) is 6.69. The Morgan fingerprint density at radius 3 is 2.85 bits per heavy atom. The maximum atomic E-state index is 6.39. The lowest BCUT2D eigenvalue weighted by molar-refractivity contribution is -0.0190. The molecule has 0 fully saturated rings. The highest BCUT2D eigenvalue weighted by Crippen LogP contribution is 2.48. The third kappa shape index (κ3) is 2.84. The summed E-state index contributed by atoms with van der Waals surface area (Å²) < 4.78 is 12.7. The predicted octanol–water partition coefficient (Wildman–Crippen LogP) is 5.76. The monoisotopic (exact) mass is 440 g/mol. The van der Waals surface area contributed by atoms with Crippen molar-refractivity contribution in [2.45, 2.75) is 18.7 Å². The van der Waals surface area contributed by atoms with Crippen LogP contribution in [0.25, 0.3) is 0 Å². The van der Waals surface area contributed by atoms with Gasteiger partial charge in [0.2, 0.25) is 6.23 Å². The van der Waals surface area contributed by atoms with Crippen LogP contribution >= 0.6 is 27.3 Å². The van der Waals surface area contributed by atoms with Gasteiger partial charge < -0.3 is 9.47 Å². The number of hydrogen-bond donors (Lipinski definition) is 0. The first kappa shape index (κ1) is 16.8. The molecule has 0 saturated heterocycles. The summed E-state index contributed by atoms with van der Waals surface area (Å²) in [4.78, 5) is 1.22. The average Bonchev–Trinajstić information content (AvgIpc) is 3.37. The van der Waals surface area contributed by atoms with Crippen molar-refractivity contribution in [3.63, 3.8) is 0 Å². The lowest BCUT2D eigenvalue weighted by Gasteiger charge is -2.38. The number of thiophene rings is 1. The highest BCUT2D eigenvalue weighted by Gasteiger charge is 2.41. The molecule has 3 aromatic rings. The van der Waals surface area contributed by atoms with E-state index in [9.17, 15) is 0 Å². The first-order valence-corrected chi connectivity index (χ1v) is 10.4. The number of hydrogen-bond acceptors (Lipinski definition) is 5. The van der Waals surface area contributed by atoms with Crippen LogP contribution in [-0.4, -0.2) is 17.8 Å². The van der Waals surface area contributed by atoms with Crippen LogP contribution in [0.15, 0.2) is 69.6 Å². The lowest BCUT2D eigenvalue weighted by atomic mass is 9.98. The molecule has 0 N–H and O–H groups in total. The van der Waals surface area contributed by atoms with E-state index < -0.39 is 0 Å². The van der Waals surface area contributed by atoms with E-state index in [2.05, 4.69) is 50.6 Å². The second-order valence-corrected chi connectivity index (χ2v) is 8.33. The third-order valence-corrected chi connectivity index (χ3v) is 6.50. The zero-order valence-electron chi connectivity index (χ0n) is 14.6. The van der Waals surface area contributed by atoms with Crippen LogP contribution in [0.1, 0.15) is 34.7 Å². The summed E-state index contributed by atoms with van der Waals surface area (Å²) in [6.07, 6.45) is 0.610. The van der Waals surface area contributed by atoms with Gasteiger partial charge in [0.15, 0.2) is 0 Å². The molecular formula is C21H17BrN2O2S. The van der Waals surface area contributed by atoms with E-state index in [1.165, 1.54) is 10.4 Å². The zero-order valence-corrected chi connectivity index (χ0v) is 17.0. The summed E-state index contributed by atoms with van der Waals surface area (Å²) >= 11 is 5.32. The van der Waals surface area contributed by atoms with Gasteiger partial charge in [0.05, 0.1) is 28.2 Å². The van der Waals surface area contributed by atoms with Crippen LogP contribution in [0.3, 0.4) is 0 Å².